The van der Waals surface area contributed by atoms with Crippen molar-refractivity contribution >= 4 is 0 Å². The first-order valence-electron chi connectivity index (χ1n) is 7.24. The summed E-state index contributed by atoms with van der Waals surface area (Å²) in [5.41, 5.74) is 1.15. The van der Waals surface area contributed by atoms with Gasteiger partial charge in [0.05, 0.1) is 7.11 Å². The number of hydrogen-bond acceptors (Lipinski definition) is 3. The Hall–Kier alpha value is -1.22. The van der Waals surface area contributed by atoms with Crippen LogP contribution in [0.25, 0.3) is 0 Å². The van der Waals surface area contributed by atoms with E-state index in [1.807, 2.05) is 12.1 Å². The largest absolute Gasteiger partial charge is 0.504 e. The molecule has 0 bridgehead atoms. The van der Waals surface area contributed by atoms with E-state index in [4.69, 9.17) is 4.74 Å². The van der Waals surface area contributed by atoms with Gasteiger partial charge in [-0.15, -0.1) is 0 Å². The number of ether oxygens (including phenoxy) is 1. The highest BCUT2D eigenvalue weighted by Gasteiger charge is 2.23. The molecule has 3 heteroatoms. The predicted octanol–water partition coefficient (Wildman–Crippen LogP) is 3.63. The van der Waals surface area contributed by atoms with Gasteiger partial charge in [-0.25, -0.2) is 0 Å². The minimum Gasteiger partial charge on any atom is -0.504 e. The smallest absolute Gasteiger partial charge is 0.160 e. The van der Waals surface area contributed by atoms with Gasteiger partial charge in [-0.1, -0.05) is 18.9 Å². The fraction of sp³-hybridized carbons (Fsp3) is 0.625. The summed E-state index contributed by atoms with van der Waals surface area (Å²) in [5.74, 6) is 1.54. The van der Waals surface area contributed by atoms with E-state index >= 15 is 0 Å². The van der Waals surface area contributed by atoms with Crippen LogP contribution in [0, 0.1) is 5.92 Å². The highest BCUT2D eigenvalue weighted by molar-refractivity contribution is 5.42. The Bertz CT molecular complexity index is 413. The molecule has 0 spiro atoms. The van der Waals surface area contributed by atoms with Crippen molar-refractivity contribution in [1.29, 1.82) is 0 Å². The molecule has 0 heterocycles. The normalized spacial score (nSPS) is 19.3. The molecule has 2 rings (SSSR count). The molecule has 19 heavy (non-hydrogen) atoms. The molecule has 106 valence electrons. The highest BCUT2D eigenvalue weighted by atomic mass is 16.5. The Labute approximate surface area is 116 Å². The number of benzene rings is 1. The SMILES string of the molecule is COc1cc(C(C)N[C@H](C)C2CCCC2)ccc1O. The number of rotatable bonds is 5. The van der Waals surface area contributed by atoms with Gasteiger partial charge in [-0.3, -0.25) is 0 Å². The van der Waals surface area contributed by atoms with E-state index < -0.39 is 0 Å². The van der Waals surface area contributed by atoms with Crippen LogP contribution in [0.3, 0.4) is 0 Å². The molecule has 2 N–H and O–H groups in total. The van der Waals surface area contributed by atoms with E-state index in [1.165, 1.54) is 25.7 Å². The molecule has 0 amide bonds. The summed E-state index contributed by atoms with van der Waals surface area (Å²) in [5, 5.41) is 13.3. The van der Waals surface area contributed by atoms with Gasteiger partial charge >= 0.3 is 0 Å². The molecule has 0 radical (unpaired) electrons. The van der Waals surface area contributed by atoms with Gasteiger partial charge in [0.25, 0.3) is 0 Å². The van der Waals surface area contributed by atoms with Gasteiger partial charge < -0.3 is 15.2 Å². The first-order valence-corrected chi connectivity index (χ1v) is 7.24. The van der Waals surface area contributed by atoms with Crippen LogP contribution in [0.15, 0.2) is 18.2 Å². The van der Waals surface area contributed by atoms with Crippen molar-refractivity contribution in [2.24, 2.45) is 5.92 Å². The average Bonchev–Trinajstić information content (AvgIpc) is 2.93. The topological polar surface area (TPSA) is 41.5 Å². The van der Waals surface area contributed by atoms with E-state index in [-0.39, 0.29) is 11.8 Å². The van der Waals surface area contributed by atoms with Crippen molar-refractivity contribution in [3.8, 4) is 11.5 Å². The molecule has 0 aromatic heterocycles. The summed E-state index contributed by atoms with van der Waals surface area (Å²) in [7, 11) is 1.58. The van der Waals surface area contributed by atoms with E-state index in [0.717, 1.165) is 11.5 Å². The zero-order valence-electron chi connectivity index (χ0n) is 12.1. The lowest BCUT2D eigenvalue weighted by Gasteiger charge is -2.25. The first kappa shape index (κ1) is 14.2. The minimum absolute atomic E-state index is 0.197. The third-order valence-corrected chi connectivity index (χ3v) is 4.32. The van der Waals surface area contributed by atoms with Crippen LogP contribution in [0.5, 0.6) is 11.5 Å². The van der Waals surface area contributed by atoms with Gasteiger partial charge in [-0.2, -0.15) is 0 Å². The van der Waals surface area contributed by atoms with E-state index in [0.29, 0.717) is 11.8 Å². The zero-order valence-corrected chi connectivity index (χ0v) is 12.1. The van der Waals surface area contributed by atoms with Crippen molar-refractivity contribution in [1.82, 2.24) is 5.32 Å². The highest BCUT2D eigenvalue weighted by Crippen LogP contribution is 2.31. The molecule has 1 aliphatic rings. The van der Waals surface area contributed by atoms with Gasteiger partial charge in [0, 0.05) is 12.1 Å². The summed E-state index contributed by atoms with van der Waals surface area (Å²) >= 11 is 0. The van der Waals surface area contributed by atoms with Gasteiger partial charge in [-0.05, 0) is 50.3 Å². The van der Waals surface area contributed by atoms with Crippen LogP contribution in [-0.2, 0) is 0 Å². The maximum Gasteiger partial charge on any atom is 0.160 e. The summed E-state index contributed by atoms with van der Waals surface area (Å²) in [6, 6.07) is 6.38. The molecule has 1 aromatic rings. The maximum atomic E-state index is 9.63. The van der Waals surface area contributed by atoms with Gasteiger partial charge in [0.15, 0.2) is 11.5 Å². The molecule has 1 aromatic carbocycles. The monoisotopic (exact) mass is 263 g/mol. The summed E-state index contributed by atoms with van der Waals surface area (Å²) < 4.78 is 5.16. The maximum absolute atomic E-state index is 9.63. The molecule has 1 saturated carbocycles. The van der Waals surface area contributed by atoms with Crippen molar-refractivity contribution in [2.75, 3.05) is 7.11 Å². The number of methoxy groups -OCH3 is 1. The Kier molecular flexibility index (Phi) is 4.70. The number of aromatic hydroxyl groups is 1. The van der Waals surface area contributed by atoms with E-state index in [2.05, 4.69) is 19.2 Å². The number of nitrogens with one attached hydrogen (secondary N) is 1. The molecule has 1 fully saturated rings. The minimum atomic E-state index is 0.197. The standard InChI is InChI=1S/C16H25NO2/c1-11(13-6-4-5-7-13)17-12(2)14-8-9-15(18)16(10-14)19-3/h8-13,17-18H,4-7H2,1-3H3/t11-,12?/m1/s1. The third-order valence-electron chi connectivity index (χ3n) is 4.32. The fourth-order valence-corrected chi connectivity index (χ4v) is 3.05. The average molecular weight is 263 g/mol. The summed E-state index contributed by atoms with van der Waals surface area (Å²) in [6.07, 6.45) is 5.44. The number of phenols is 1. The number of phenolic OH excluding ortho intramolecular Hbond substituents is 1. The van der Waals surface area contributed by atoms with E-state index in [1.54, 1.807) is 13.2 Å². The van der Waals surface area contributed by atoms with Crippen LogP contribution in [0.1, 0.15) is 51.1 Å². The van der Waals surface area contributed by atoms with Crippen molar-refractivity contribution < 1.29 is 9.84 Å². The number of hydrogen-bond donors (Lipinski definition) is 2. The van der Waals surface area contributed by atoms with Crippen LogP contribution >= 0.6 is 0 Å². The molecule has 2 atom stereocenters. The Balaban J connectivity index is 2.00. The lowest BCUT2D eigenvalue weighted by atomic mass is 9.97. The van der Waals surface area contributed by atoms with Crippen molar-refractivity contribution in [2.45, 2.75) is 51.6 Å². The van der Waals surface area contributed by atoms with Crippen LogP contribution in [0.4, 0.5) is 0 Å². The molecule has 3 nitrogen and oxygen atoms in total. The fourth-order valence-electron chi connectivity index (χ4n) is 3.05. The van der Waals surface area contributed by atoms with Gasteiger partial charge in [0.1, 0.15) is 0 Å². The molecular weight excluding hydrogens is 238 g/mol. The van der Waals surface area contributed by atoms with E-state index in [9.17, 15) is 5.11 Å². The summed E-state index contributed by atoms with van der Waals surface area (Å²) in [6.45, 7) is 4.45. The van der Waals surface area contributed by atoms with Gasteiger partial charge in [0.2, 0.25) is 0 Å². The second-order valence-electron chi connectivity index (χ2n) is 5.65. The van der Waals surface area contributed by atoms with Crippen molar-refractivity contribution in [3.05, 3.63) is 23.8 Å². The quantitative estimate of drug-likeness (QED) is 0.852. The Morgan fingerprint density at radius 2 is 1.95 bits per heavy atom. The lowest BCUT2D eigenvalue weighted by Crippen LogP contribution is -2.34. The van der Waals surface area contributed by atoms with Crippen LogP contribution in [0.2, 0.25) is 0 Å². The Morgan fingerprint density at radius 3 is 2.58 bits per heavy atom. The van der Waals surface area contributed by atoms with Crippen LogP contribution in [-0.4, -0.2) is 18.3 Å². The van der Waals surface area contributed by atoms with Crippen LogP contribution < -0.4 is 10.1 Å². The second-order valence-corrected chi connectivity index (χ2v) is 5.65. The molecule has 1 aliphatic carbocycles. The lowest BCUT2D eigenvalue weighted by molar-refractivity contribution is 0.349. The molecular formula is C16H25NO2. The summed E-state index contributed by atoms with van der Waals surface area (Å²) in [4.78, 5) is 0. The Morgan fingerprint density at radius 1 is 1.26 bits per heavy atom. The zero-order chi connectivity index (χ0) is 13.8. The first-order chi connectivity index (χ1) is 9.11. The molecule has 0 saturated heterocycles. The molecule has 1 unspecified atom stereocenters. The third kappa shape index (κ3) is 3.41. The predicted molar refractivity (Wildman–Crippen MR) is 77.6 cm³/mol. The second kappa shape index (κ2) is 6.29. The molecule has 0 aliphatic heterocycles. The van der Waals surface area contributed by atoms with Crippen molar-refractivity contribution in [3.63, 3.8) is 0 Å².